The smallest absolute Gasteiger partial charge is 0.316 e. The normalized spacial score (nSPS) is 20.1. The Labute approximate surface area is 102 Å². The molecule has 0 radical (unpaired) electrons. The molecular formula is C12H23F3N2. The third-order valence-corrected chi connectivity index (χ3v) is 3.47. The first-order valence-corrected chi connectivity index (χ1v) is 6.33. The van der Waals surface area contributed by atoms with Gasteiger partial charge in [0.05, 0.1) is 6.54 Å². The molecule has 17 heavy (non-hydrogen) atoms. The zero-order chi connectivity index (χ0) is 12.9. The third kappa shape index (κ3) is 5.25. The Balaban J connectivity index is 2.48. The van der Waals surface area contributed by atoms with Crippen LogP contribution in [0.3, 0.4) is 0 Å². The minimum Gasteiger partial charge on any atom is -0.316 e. The summed E-state index contributed by atoms with van der Waals surface area (Å²) >= 11 is 0. The maximum atomic E-state index is 12.3. The molecule has 0 spiro atoms. The summed E-state index contributed by atoms with van der Waals surface area (Å²) in [4.78, 5) is 1.42. The molecule has 0 saturated heterocycles. The van der Waals surface area contributed by atoms with Crippen LogP contribution < -0.4 is 5.32 Å². The van der Waals surface area contributed by atoms with E-state index in [9.17, 15) is 13.2 Å². The third-order valence-electron chi connectivity index (χ3n) is 3.47. The molecule has 0 aliphatic heterocycles. The molecule has 0 aromatic heterocycles. The van der Waals surface area contributed by atoms with E-state index in [1.807, 2.05) is 6.92 Å². The second-order valence-electron chi connectivity index (χ2n) is 5.27. The maximum absolute atomic E-state index is 12.3. The van der Waals surface area contributed by atoms with Gasteiger partial charge in [-0.25, -0.2) is 0 Å². The first-order chi connectivity index (χ1) is 7.87. The van der Waals surface area contributed by atoms with Crippen LogP contribution in [0.5, 0.6) is 0 Å². The Bertz CT molecular complexity index is 222. The first kappa shape index (κ1) is 14.8. The highest BCUT2D eigenvalue weighted by atomic mass is 19.4. The van der Waals surface area contributed by atoms with E-state index in [4.69, 9.17) is 0 Å². The predicted octanol–water partition coefficient (Wildman–Crippen LogP) is 2.65. The molecule has 102 valence electrons. The van der Waals surface area contributed by atoms with Gasteiger partial charge in [0.1, 0.15) is 0 Å². The highest BCUT2D eigenvalue weighted by molar-refractivity contribution is 4.89. The number of hydrogen-bond acceptors (Lipinski definition) is 2. The number of nitrogens with one attached hydrogen (secondary N) is 1. The topological polar surface area (TPSA) is 15.3 Å². The largest absolute Gasteiger partial charge is 0.401 e. The van der Waals surface area contributed by atoms with Gasteiger partial charge in [-0.1, -0.05) is 19.8 Å². The summed E-state index contributed by atoms with van der Waals surface area (Å²) in [6, 6.07) is 0. The average molecular weight is 252 g/mol. The Morgan fingerprint density at radius 3 is 2.29 bits per heavy atom. The summed E-state index contributed by atoms with van der Waals surface area (Å²) in [7, 11) is 1.57. The number of hydrogen-bond donors (Lipinski definition) is 1. The summed E-state index contributed by atoms with van der Waals surface area (Å²) in [6.07, 6.45) is 0.285. The van der Waals surface area contributed by atoms with E-state index in [0.717, 1.165) is 38.8 Å². The second-order valence-corrected chi connectivity index (χ2v) is 5.27. The summed E-state index contributed by atoms with van der Waals surface area (Å²) in [5.74, 6) is 0. The van der Waals surface area contributed by atoms with Crippen LogP contribution in [0.4, 0.5) is 13.2 Å². The Hall–Kier alpha value is -0.290. The zero-order valence-electron chi connectivity index (χ0n) is 10.7. The van der Waals surface area contributed by atoms with Crippen molar-refractivity contribution in [3.63, 3.8) is 0 Å². The Morgan fingerprint density at radius 1 is 1.24 bits per heavy atom. The number of halogens is 3. The highest BCUT2D eigenvalue weighted by Gasteiger charge is 2.37. The van der Waals surface area contributed by atoms with Gasteiger partial charge in [-0.2, -0.15) is 13.2 Å². The van der Waals surface area contributed by atoms with E-state index in [2.05, 4.69) is 5.32 Å². The van der Waals surface area contributed by atoms with Crippen molar-refractivity contribution in [2.45, 2.75) is 38.8 Å². The van der Waals surface area contributed by atoms with Crippen LogP contribution in [0.15, 0.2) is 0 Å². The fourth-order valence-corrected chi connectivity index (χ4v) is 2.84. The lowest BCUT2D eigenvalue weighted by molar-refractivity contribution is -0.145. The molecule has 0 aromatic carbocycles. The van der Waals surface area contributed by atoms with Gasteiger partial charge in [0.15, 0.2) is 0 Å². The zero-order valence-corrected chi connectivity index (χ0v) is 10.7. The van der Waals surface area contributed by atoms with E-state index in [1.54, 1.807) is 7.05 Å². The quantitative estimate of drug-likeness (QED) is 0.782. The van der Waals surface area contributed by atoms with E-state index in [1.165, 1.54) is 4.90 Å². The van der Waals surface area contributed by atoms with Crippen molar-refractivity contribution in [1.29, 1.82) is 0 Å². The van der Waals surface area contributed by atoms with Crippen LogP contribution in [0.2, 0.25) is 0 Å². The van der Waals surface area contributed by atoms with Crippen molar-refractivity contribution in [3.05, 3.63) is 0 Å². The standard InChI is InChI=1S/C12H23F3N2/c1-3-16-8-11(6-4-5-7-11)9-17(2)10-12(13,14)15/h16H,3-10H2,1-2H3. The Kier molecular flexibility index (Phi) is 5.25. The molecule has 1 N–H and O–H groups in total. The summed E-state index contributed by atoms with van der Waals surface area (Å²) in [5, 5.41) is 3.29. The molecule has 1 rings (SSSR count). The van der Waals surface area contributed by atoms with Crippen molar-refractivity contribution in [2.75, 3.05) is 33.2 Å². The summed E-state index contributed by atoms with van der Waals surface area (Å²) in [5.41, 5.74) is 0.0516. The van der Waals surface area contributed by atoms with Crippen LogP contribution >= 0.6 is 0 Å². The molecule has 1 fully saturated rings. The van der Waals surface area contributed by atoms with E-state index >= 15 is 0 Å². The molecule has 5 heteroatoms. The fraction of sp³-hybridized carbons (Fsp3) is 1.00. The lowest BCUT2D eigenvalue weighted by Gasteiger charge is -2.34. The molecule has 0 unspecified atom stereocenters. The van der Waals surface area contributed by atoms with Gasteiger partial charge in [-0.05, 0) is 31.8 Å². The van der Waals surface area contributed by atoms with E-state index < -0.39 is 12.7 Å². The molecule has 0 atom stereocenters. The van der Waals surface area contributed by atoms with E-state index in [-0.39, 0.29) is 5.41 Å². The van der Waals surface area contributed by atoms with Crippen LogP contribution in [-0.4, -0.2) is 44.3 Å². The minimum atomic E-state index is -4.09. The maximum Gasteiger partial charge on any atom is 0.401 e. The lowest BCUT2D eigenvalue weighted by Crippen LogP contribution is -2.44. The second kappa shape index (κ2) is 6.05. The lowest BCUT2D eigenvalue weighted by atomic mass is 9.85. The van der Waals surface area contributed by atoms with Gasteiger partial charge in [0, 0.05) is 13.1 Å². The molecule has 0 amide bonds. The average Bonchev–Trinajstić information content (AvgIpc) is 2.60. The van der Waals surface area contributed by atoms with Crippen LogP contribution in [0, 0.1) is 5.41 Å². The van der Waals surface area contributed by atoms with Crippen molar-refractivity contribution in [2.24, 2.45) is 5.41 Å². The predicted molar refractivity (Wildman–Crippen MR) is 63.0 cm³/mol. The number of alkyl halides is 3. The van der Waals surface area contributed by atoms with Crippen molar-refractivity contribution >= 4 is 0 Å². The molecule has 0 aromatic rings. The van der Waals surface area contributed by atoms with Gasteiger partial charge in [0.2, 0.25) is 0 Å². The fourth-order valence-electron chi connectivity index (χ4n) is 2.84. The first-order valence-electron chi connectivity index (χ1n) is 6.33. The minimum absolute atomic E-state index is 0.0516. The van der Waals surface area contributed by atoms with Crippen molar-refractivity contribution in [1.82, 2.24) is 10.2 Å². The van der Waals surface area contributed by atoms with Gasteiger partial charge < -0.3 is 5.32 Å². The molecule has 1 saturated carbocycles. The molecule has 1 aliphatic rings. The van der Waals surface area contributed by atoms with Gasteiger partial charge >= 0.3 is 6.18 Å². The monoisotopic (exact) mass is 252 g/mol. The SMILES string of the molecule is CCNCC1(CN(C)CC(F)(F)F)CCCC1. The molecule has 0 heterocycles. The number of rotatable bonds is 6. The van der Waals surface area contributed by atoms with Crippen LogP contribution in [0.25, 0.3) is 0 Å². The van der Waals surface area contributed by atoms with Gasteiger partial charge in [-0.3, -0.25) is 4.90 Å². The van der Waals surface area contributed by atoms with Crippen LogP contribution in [-0.2, 0) is 0 Å². The highest BCUT2D eigenvalue weighted by Crippen LogP contribution is 2.38. The molecule has 2 nitrogen and oxygen atoms in total. The molecule has 0 bridgehead atoms. The van der Waals surface area contributed by atoms with Crippen molar-refractivity contribution in [3.8, 4) is 0 Å². The molecular weight excluding hydrogens is 229 g/mol. The van der Waals surface area contributed by atoms with Crippen molar-refractivity contribution < 1.29 is 13.2 Å². The van der Waals surface area contributed by atoms with E-state index in [0.29, 0.717) is 6.54 Å². The van der Waals surface area contributed by atoms with Gasteiger partial charge in [-0.15, -0.1) is 0 Å². The van der Waals surface area contributed by atoms with Gasteiger partial charge in [0.25, 0.3) is 0 Å². The van der Waals surface area contributed by atoms with Crippen LogP contribution in [0.1, 0.15) is 32.6 Å². The summed E-state index contributed by atoms with van der Waals surface area (Å²) in [6.45, 7) is 3.49. The number of nitrogens with zero attached hydrogens (tertiary/aromatic N) is 1. The Morgan fingerprint density at radius 2 is 1.82 bits per heavy atom. The molecule has 1 aliphatic carbocycles. The summed E-state index contributed by atoms with van der Waals surface area (Å²) < 4.78 is 36.9.